The molecule has 0 radical (unpaired) electrons. The molecule has 0 bridgehead atoms. The summed E-state index contributed by atoms with van der Waals surface area (Å²) < 4.78 is 4.70. The molecule has 3 aromatic heterocycles. The Balaban J connectivity index is 1.18. The molecule has 0 aliphatic heterocycles. The third kappa shape index (κ3) is 4.47. The van der Waals surface area contributed by atoms with Crippen molar-refractivity contribution in [2.24, 2.45) is 0 Å². The van der Waals surface area contributed by atoms with Crippen LogP contribution < -0.4 is 0 Å². The first kappa shape index (κ1) is 30.9. The molecule has 0 unspecified atom stereocenters. The first-order valence-corrected chi connectivity index (χ1v) is 19.1. The monoisotopic (exact) mass is 712 g/mol. The van der Waals surface area contributed by atoms with E-state index in [-0.39, 0.29) is 0 Å². The highest BCUT2D eigenvalue weighted by molar-refractivity contribution is 6.30. The SMILES string of the molecule is c1ccc(-c2nc(-n3c4ccccc4c4cc(-n5c6ccc7ccccc7c6c6c7ccccc7c(-c7ccccc7)cc65)ccc43)nc3ccccc23)cc1. The van der Waals surface area contributed by atoms with Gasteiger partial charge in [-0.25, -0.2) is 9.97 Å². The average molecular weight is 713 g/mol. The fourth-order valence-corrected chi connectivity index (χ4v) is 9.07. The van der Waals surface area contributed by atoms with Gasteiger partial charge in [0.2, 0.25) is 5.95 Å². The molecule has 3 heterocycles. The maximum Gasteiger partial charge on any atom is 0.235 e. The molecule has 0 spiro atoms. The van der Waals surface area contributed by atoms with Gasteiger partial charge < -0.3 is 4.57 Å². The van der Waals surface area contributed by atoms with Gasteiger partial charge in [-0.3, -0.25) is 4.57 Å². The van der Waals surface area contributed by atoms with E-state index in [1.54, 1.807) is 0 Å². The fraction of sp³-hybridized carbons (Fsp3) is 0. The van der Waals surface area contributed by atoms with Crippen LogP contribution in [0.3, 0.4) is 0 Å². The Labute approximate surface area is 322 Å². The maximum atomic E-state index is 5.31. The summed E-state index contributed by atoms with van der Waals surface area (Å²) in [5.41, 5.74) is 10.9. The van der Waals surface area contributed by atoms with Crippen LogP contribution in [0.15, 0.2) is 194 Å². The van der Waals surface area contributed by atoms with Crippen molar-refractivity contribution in [3.05, 3.63) is 194 Å². The molecule has 12 aromatic rings. The van der Waals surface area contributed by atoms with Gasteiger partial charge in [0.05, 0.1) is 33.3 Å². The second kappa shape index (κ2) is 12.0. The lowest BCUT2D eigenvalue weighted by molar-refractivity contribution is 1.01. The van der Waals surface area contributed by atoms with E-state index in [0.717, 1.165) is 49.7 Å². The Hall–Kier alpha value is -7.56. The Morgan fingerprint density at radius 1 is 0.339 bits per heavy atom. The summed E-state index contributed by atoms with van der Waals surface area (Å²) in [5.74, 6) is 0.656. The van der Waals surface area contributed by atoms with Crippen molar-refractivity contribution in [2.75, 3.05) is 0 Å². The van der Waals surface area contributed by atoms with Gasteiger partial charge in [-0.1, -0.05) is 152 Å². The summed E-state index contributed by atoms with van der Waals surface area (Å²) in [4.78, 5) is 10.5. The molecule has 0 amide bonds. The number of aromatic nitrogens is 4. The highest BCUT2D eigenvalue weighted by Crippen LogP contribution is 2.44. The summed E-state index contributed by atoms with van der Waals surface area (Å²) in [6, 6.07) is 69.6. The Morgan fingerprint density at radius 3 is 1.77 bits per heavy atom. The fourth-order valence-electron chi connectivity index (χ4n) is 9.07. The predicted octanol–water partition coefficient (Wildman–Crippen LogP) is 13.5. The Bertz CT molecular complexity index is 3520. The number of hydrogen-bond donors (Lipinski definition) is 0. The molecular formula is C52H32N4. The van der Waals surface area contributed by atoms with Crippen molar-refractivity contribution in [1.29, 1.82) is 0 Å². The van der Waals surface area contributed by atoms with Crippen molar-refractivity contribution >= 4 is 76.1 Å². The molecule has 0 aliphatic rings. The van der Waals surface area contributed by atoms with Crippen molar-refractivity contribution < 1.29 is 0 Å². The molecule has 260 valence electrons. The van der Waals surface area contributed by atoms with Crippen molar-refractivity contribution in [2.45, 2.75) is 0 Å². The molecule has 0 atom stereocenters. The molecule has 4 nitrogen and oxygen atoms in total. The minimum absolute atomic E-state index is 0.656. The van der Waals surface area contributed by atoms with E-state index in [2.05, 4.69) is 191 Å². The summed E-state index contributed by atoms with van der Waals surface area (Å²) in [5, 5.41) is 10.9. The van der Waals surface area contributed by atoms with Crippen LogP contribution in [0.5, 0.6) is 0 Å². The van der Waals surface area contributed by atoms with Gasteiger partial charge in [0, 0.05) is 38.2 Å². The van der Waals surface area contributed by atoms with Crippen molar-refractivity contribution in [3.63, 3.8) is 0 Å². The van der Waals surface area contributed by atoms with E-state index in [4.69, 9.17) is 9.97 Å². The van der Waals surface area contributed by atoms with Gasteiger partial charge in [0.15, 0.2) is 0 Å². The molecule has 0 N–H and O–H groups in total. The first-order chi connectivity index (χ1) is 27.8. The third-order valence-electron chi connectivity index (χ3n) is 11.5. The Kier molecular flexibility index (Phi) is 6.60. The quantitative estimate of drug-likeness (QED) is 0.182. The second-order valence-corrected chi connectivity index (χ2v) is 14.6. The normalized spacial score (nSPS) is 11.9. The predicted molar refractivity (Wildman–Crippen MR) is 234 cm³/mol. The van der Waals surface area contributed by atoms with Crippen LogP contribution in [0.2, 0.25) is 0 Å². The van der Waals surface area contributed by atoms with E-state index in [1.165, 1.54) is 54.5 Å². The highest BCUT2D eigenvalue weighted by atomic mass is 15.2. The standard InChI is InChI=1S/C52H32N4/c1-3-15-33(16-4-1)42-32-48-50(40-23-10-9-21-38(40)42)49-37-20-8-7-17-34(37)27-29-47(49)55(48)36-28-30-46-43(31-36)39-22-12-14-26-45(39)56(46)52-53-44-25-13-11-24-41(44)51(54-52)35-18-5-2-6-19-35/h1-32H. The van der Waals surface area contributed by atoms with E-state index >= 15 is 0 Å². The molecule has 4 heteroatoms. The molecule has 0 saturated heterocycles. The lowest BCUT2D eigenvalue weighted by Crippen LogP contribution is -2.03. The zero-order chi connectivity index (χ0) is 36.7. The van der Waals surface area contributed by atoms with E-state index < -0.39 is 0 Å². The second-order valence-electron chi connectivity index (χ2n) is 14.6. The van der Waals surface area contributed by atoms with Crippen LogP contribution in [-0.2, 0) is 0 Å². The average Bonchev–Trinajstić information content (AvgIpc) is 3.79. The molecular weight excluding hydrogens is 681 g/mol. The zero-order valence-electron chi connectivity index (χ0n) is 30.3. The lowest BCUT2D eigenvalue weighted by Gasteiger charge is -2.13. The molecule has 0 fully saturated rings. The highest BCUT2D eigenvalue weighted by Gasteiger charge is 2.22. The van der Waals surface area contributed by atoms with Gasteiger partial charge in [0.25, 0.3) is 0 Å². The molecule has 12 rings (SSSR count). The number of benzene rings is 9. The van der Waals surface area contributed by atoms with E-state index in [9.17, 15) is 0 Å². The number of fused-ring (bicyclic) bond motifs is 11. The summed E-state index contributed by atoms with van der Waals surface area (Å²) >= 11 is 0. The number of rotatable bonds is 4. The number of para-hydroxylation sites is 2. The third-order valence-corrected chi connectivity index (χ3v) is 11.5. The van der Waals surface area contributed by atoms with Crippen LogP contribution in [0.25, 0.3) is 110 Å². The molecule has 0 aliphatic carbocycles. The smallest absolute Gasteiger partial charge is 0.235 e. The van der Waals surface area contributed by atoms with Gasteiger partial charge in [-0.2, -0.15) is 0 Å². The van der Waals surface area contributed by atoms with Crippen LogP contribution >= 0.6 is 0 Å². The molecule has 0 saturated carbocycles. The summed E-state index contributed by atoms with van der Waals surface area (Å²) in [6.07, 6.45) is 0. The van der Waals surface area contributed by atoms with E-state index in [0.29, 0.717) is 5.95 Å². The zero-order valence-corrected chi connectivity index (χ0v) is 30.3. The van der Waals surface area contributed by atoms with E-state index in [1.807, 2.05) is 12.1 Å². The van der Waals surface area contributed by atoms with Gasteiger partial charge in [0.1, 0.15) is 0 Å². The van der Waals surface area contributed by atoms with Crippen molar-refractivity contribution in [1.82, 2.24) is 19.1 Å². The molecule has 56 heavy (non-hydrogen) atoms. The Morgan fingerprint density at radius 2 is 0.946 bits per heavy atom. The molecule has 9 aromatic carbocycles. The lowest BCUT2D eigenvalue weighted by atomic mass is 9.94. The van der Waals surface area contributed by atoms with Gasteiger partial charge >= 0.3 is 0 Å². The minimum Gasteiger partial charge on any atom is -0.309 e. The first-order valence-electron chi connectivity index (χ1n) is 19.1. The van der Waals surface area contributed by atoms with Gasteiger partial charge in [-0.15, -0.1) is 0 Å². The number of nitrogens with zero attached hydrogens (tertiary/aromatic N) is 4. The topological polar surface area (TPSA) is 35.6 Å². The minimum atomic E-state index is 0.656. The van der Waals surface area contributed by atoms with Crippen molar-refractivity contribution in [3.8, 4) is 34.0 Å². The largest absolute Gasteiger partial charge is 0.309 e. The van der Waals surface area contributed by atoms with Crippen LogP contribution in [0.4, 0.5) is 0 Å². The van der Waals surface area contributed by atoms with Crippen LogP contribution in [-0.4, -0.2) is 19.1 Å². The van der Waals surface area contributed by atoms with Crippen LogP contribution in [0, 0.1) is 0 Å². The number of hydrogen-bond acceptors (Lipinski definition) is 2. The van der Waals surface area contributed by atoms with Gasteiger partial charge in [-0.05, 0) is 75.1 Å². The summed E-state index contributed by atoms with van der Waals surface area (Å²) in [7, 11) is 0. The van der Waals surface area contributed by atoms with Crippen LogP contribution in [0.1, 0.15) is 0 Å². The maximum absolute atomic E-state index is 5.31. The summed E-state index contributed by atoms with van der Waals surface area (Å²) in [6.45, 7) is 0.